The van der Waals surface area contributed by atoms with Gasteiger partial charge in [0, 0.05) is 38.1 Å². The van der Waals surface area contributed by atoms with Gasteiger partial charge in [-0.05, 0) is 49.3 Å². The van der Waals surface area contributed by atoms with Crippen molar-refractivity contribution in [2.45, 2.75) is 31.7 Å². The van der Waals surface area contributed by atoms with Crippen LogP contribution in [0.2, 0.25) is 0 Å². The summed E-state index contributed by atoms with van der Waals surface area (Å²) in [6.07, 6.45) is 8.96. The third-order valence-electron chi connectivity index (χ3n) is 4.02. The van der Waals surface area contributed by atoms with Crippen LogP contribution in [0.4, 0.5) is 0 Å². The van der Waals surface area contributed by atoms with E-state index < -0.39 is 0 Å². The number of hydrogen-bond donors (Lipinski definition) is 0. The van der Waals surface area contributed by atoms with Crippen molar-refractivity contribution in [1.82, 2.24) is 9.88 Å². The van der Waals surface area contributed by atoms with Crippen LogP contribution >= 0.6 is 0 Å². The van der Waals surface area contributed by atoms with E-state index in [1.807, 2.05) is 12.4 Å². The summed E-state index contributed by atoms with van der Waals surface area (Å²) in [5.41, 5.74) is 1.40. The quantitative estimate of drug-likeness (QED) is 0.769. The Balaban J connectivity index is 1.50. The molecule has 1 aliphatic heterocycles. The van der Waals surface area contributed by atoms with Crippen molar-refractivity contribution in [3.63, 3.8) is 0 Å². The fourth-order valence-corrected chi connectivity index (χ4v) is 2.74. The van der Waals surface area contributed by atoms with E-state index in [1.165, 1.54) is 37.9 Å². The van der Waals surface area contributed by atoms with Crippen molar-refractivity contribution in [1.29, 1.82) is 0 Å². The van der Waals surface area contributed by atoms with Gasteiger partial charge < -0.3 is 4.74 Å². The van der Waals surface area contributed by atoms with Gasteiger partial charge in [-0.15, -0.1) is 0 Å². The van der Waals surface area contributed by atoms with E-state index in [-0.39, 0.29) is 0 Å². The molecule has 0 bridgehead atoms. The molecule has 1 saturated carbocycles. The average Bonchev–Trinajstić information content (AvgIpc) is 3.13. The smallest absolute Gasteiger partial charge is 0.0507 e. The van der Waals surface area contributed by atoms with Crippen LogP contribution in [-0.2, 0) is 11.2 Å². The first kappa shape index (κ1) is 12.1. The van der Waals surface area contributed by atoms with E-state index in [2.05, 4.69) is 22.0 Å². The molecule has 0 aromatic carbocycles. The monoisotopic (exact) mass is 246 g/mol. The number of pyridine rings is 1. The molecule has 0 radical (unpaired) electrons. The molecule has 0 N–H and O–H groups in total. The summed E-state index contributed by atoms with van der Waals surface area (Å²) in [6, 6.07) is 5.11. The number of aromatic nitrogens is 1. The van der Waals surface area contributed by atoms with E-state index in [9.17, 15) is 0 Å². The highest BCUT2D eigenvalue weighted by Crippen LogP contribution is 2.29. The Morgan fingerprint density at radius 2 is 2.06 bits per heavy atom. The van der Waals surface area contributed by atoms with E-state index in [0.29, 0.717) is 0 Å². The fourth-order valence-electron chi connectivity index (χ4n) is 2.74. The maximum Gasteiger partial charge on any atom is 0.0507 e. The first-order chi connectivity index (χ1) is 8.92. The lowest BCUT2D eigenvalue weighted by Gasteiger charge is -2.24. The van der Waals surface area contributed by atoms with Gasteiger partial charge in [0.05, 0.1) is 6.61 Å². The molecular formula is C15H22N2O. The second kappa shape index (κ2) is 5.81. The topological polar surface area (TPSA) is 25.4 Å². The summed E-state index contributed by atoms with van der Waals surface area (Å²) < 4.78 is 5.49. The molecule has 98 valence electrons. The Labute approximate surface area is 109 Å². The van der Waals surface area contributed by atoms with Gasteiger partial charge in [0.25, 0.3) is 0 Å². The number of nitrogens with zero attached hydrogens (tertiary/aromatic N) is 2. The third-order valence-corrected chi connectivity index (χ3v) is 4.02. The van der Waals surface area contributed by atoms with Crippen LogP contribution in [0.25, 0.3) is 0 Å². The highest BCUT2D eigenvalue weighted by atomic mass is 16.5. The average molecular weight is 246 g/mol. The molecular weight excluding hydrogens is 224 g/mol. The molecule has 1 aromatic heterocycles. The van der Waals surface area contributed by atoms with Crippen molar-refractivity contribution < 1.29 is 4.74 Å². The Bertz CT molecular complexity index is 358. The van der Waals surface area contributed by atoms with Crippen molar-refractivity contribution in [3.05, 3.63) is 30.1 Å². The SMILES string of the molecule is c1cc(CCN(C[C@H]2CCOC2)C2CC2)ccn1. The van der Waals surface area contributed by atoms with Crippen LogP contribution in [-0.4, -0.2) is 42.2 Å². The number of rotatable bonds is 6. The number of ether oxygens (including phenoxy) is 1. The highest BCUT2D eigenvalue weighted by Gasteiger charge is 2.31. The molecule has 2 aliphatic rings. The molecule has 3 heteroatoms. The zero-order chi connectivity index (χ0) is 12.2. The molecule has 0 unspecified atom stereocenters. The summed E-state index contributed by atoms with van der Waals surface area (Å²) in [5, 5.41) is 0. The van der Waals surface area contributed by atoms with Crippen molar-refractivity contribution in [3.8, 4) is 0 Å². The van der Waals surface area contributed by atoms with Crippen LogP contribution in [0.5, 0.6) is 0 Å². The van der Waals surface area contributed by atoms with Crippen LogP contribution in [0, 0.1) is 5.92 Å². The fraction of sp³-hybridized carbons (Fsp3) is 0.667. The number of hydrogen-bond acceptors (Lipinski definition) is 3. The standard InChI is InChI=1S/C15H22N2O/c1-2-15(1)17(11-14-6-10-18-12-14)9-5-13-3-7-16-8-4-13/h3-4,7-8,14-15H,1-2,5-6,9-12H2/t14-/m1/s1. The van der Waals surface area contributed by atoms with Crippen LogP contribution in [0.15, 0.2) is 24.5 Å². The maximum absolute atomic E-state index is 5.49. The van der Waals surface area contributed by atoms with Gasteiger partial charge in [0.15, 0.2) is 0 Å². The van der Waals surface area contributed by atoms with Crippen LogP contribution < -0.4 is 0 Å². The zero-order valence-corrected chi connectivity index (χ0v) is 10.9. The molecule has 18 heavy (non-hydrogen) atoms. The minimum Gasteiger partial charge on any atom is -0.381 e. The van der Waals surface area contributed by atoms with Gasteiger partial charge in [-0.25, -0.2) is 0 Å². The molecule has 0 spiro atoms. The predicted molar refractivity (Wildman–Crippen MR) is 71.5 cm³/mol. The lowest BCUT2D eigenvalue weighted by Crippen LogP contribution is -2.33. The first-order valence-corrected chi connectivity index (χ1v) is 7.12. The molecule has 2 heterocycles. The summed E-state index contributed by atoms with van der Waals surface area (Å²) in [4.78, 5) is 6.75. The summed E-state index contributed by atoms with van der Waals surface area (Å²) in [6.45, 7) is 4.35. The molecule has 1 aromatic rings. The molecule has 3 rings (SSSR count). The molecule has 1 saturated heterocycles. The minimum absolute atomic E-state index is 0.767. The lowest BCUT2D eigenvalue weighted by molar-refractivity contribution is 0.164. The van der Waals surface area contributed by atoms with Gasteiger partial charge in [-0.2, -0.15) is 0 Å². The Morgan fingerprint density at radius 1 is 1.22 bits per heavy atom. The second-order valence-electron chi connectivity index (χ2n) is 5.56. The summed E-state index contributed by atoms with van der Waals surface area (Å²) in [7, 11) is 0. The van der Waals surface area contributed by atoms with Gasteiger partial charge >= 0.3 is 0 Å². The summed E-state index contributed by atoms with van der Waals surface area (Å²) >= 11 is 0. The third kappa shape index (κ3) is 3.30. The van der Waals surface area contributed by atoms with E-state index in [0.717, 1.165) is 31.6 Å². The second-order valence-corrected chi connectivity index (χ2v) is 5.56. The van der Waals surface area contributed by atoms with Gasteiger partial charge in [-0.1, -0.05) is 0 Å². The van der Waals surface area contributed by atoms with E-state index >= 15 is 0 Å². The molecule has 3 nitrogen and oxygen atoms in total. The molecule has 0 amide bonds. The first-order valence-electron chi connectivity index (χ1n) is 7.12. The van der Waals surface area contributed by atoms with E-state index in [1.54, 1.807) is 0 Å². The minimum atomic E-state index is 0.767. The van der Waals surface area contributed by atoms with Crippen molar-refractivity contribution >= 4 is 0 Å². The van der Waals surface area contributed by atoms with Gasteiger partial charge in [0.2, 0.25) is 0 Å². The highest BCUT2D eigenvalue weighted by molar-refractivity contribution is 5.10. The predicted octanol–water partition coefficient (Wildman–Crippen LogP) is 2.12. The summed E-state index contributed by atoms with van der Waals surface area (Å²) in [5.74, 6) is 0.767. The normalized spacial score (nSPS) is 23.7. The Hall–Kier alpha value is -0.930. The Kier molecular flexibility index (Phi) is 3.91. The maximum atomic E-state index is 5.49. The van der Waals surface area contributed by atoms with Crippen LogP contribution in [0.1, 0.15) is 24.8 Å². The van der Waals surface area contributed by atoms with Crippen molar-refractivity contribution in [2.24, 2.45) is 5.92 Å². The van der Waals surface area contributed by atoms with Crippen LogP contribution in [0.3, 0.4) is 0 Å². The zero-order valence-electron chi connectivity index (χ0n) is 10.9. The largest absolute Gasteiger partial charge is 0.381 e. The van der Waals surface area contributed by atoms with Gasteiger partial charge in [0.1, 0.15) is 0 Å². The molecule has 1 aliphatic carbocycles. The van der Waals surface area contributed by atoms with Crippen molar-refractivity contribution in [2.75, 3.05) is 26.3 Å². The molecule has 1 atom stereocenters. The molecule has 2 fully saturated rings. The van der Waals surface area contributed by atoms with E-state index in [4.69, 9.17) is 4.74 Å². The van der Waals surface area contributed by atoms with Gasteiger partial charge in [-0.3, -0.25) is 9.88 Å². The lowest BCUT2D eigenvalue weighted by atomic mass is 10.1. The Morgan fingerprint density at radius 3 is 2.72 bits per heavy atom.